The second-order valence-corrected chi connectivity index (χ2v) is 10.7. The molecule has 3 aromatic carbocycles. The molecule has 6 heteroatoms. The summed E-state index contributed by atoms with van der Waals surface area (Å²) >= 11 is 0. The summed E-state index contributed by atoms with van der Waals surface area (Å²) in [4.78, 5) is 12.8. The summed E-state index contributed by atoms with van der Waals surface area (Å²) in [6.07, 6.45) is 0. The summed E-state index contributed by atoms with van der Waals surface area (Å²) in [7, 11) is -3.68. The predicted molar refractivity (Wildman–Crippen MR) is 129 cm³/mol. The van der Waals surface area contributed by atoms with E-state index in [-0.39, 0.29) is 22.3 Å². The van der Waals surface area contributed by atoms with Crippen LogP contribution in [0.15, 0.2) is 77.7 Å². The number of carbonyl (C=O) groups excluding carboxylic acids is 1. The fourth-order valence-electron chi connectivity index (χ4n) is 3.26. The monoisotopic (exact) mass is 450 g/mol. The zero-order valence-corrected chi connectivity index (χ0v) is 20.0. The Bertz CT molecular complexity index is 1180. The summed E-state index contributed by atoms with van der Waals surface area (Å²) in [5, 5.41) is 2.99. The van der Waals surface area contributed by atoms with Crippen molar-refractivity contribution in [2.45, 2.75) is 51.0 Å². The van der Waals surface area contributed by atoms with Crippen molar-refractivity contribution in [1.29, 1.82) is 0 Å². The van der Waals surface area contributed by atoms with Gasteiger partial charge in [0.2, 0.25) is 0 Å². The lowest BCUT2D eigenvalue weighted by Crippen LogP contribution is -2.26. The molecule has 168 valence electrons. The topological polar surface area (TPSA) is 75.3 Å². The van der Waals surface area contributed by atoms with Gasteiger partial charge in [-0.3, -0.25) is 9.52 Å². The van der Waals surface area contributed by atoms with E-state index in [2.05, 4.69) is 42.9 Å². The minimum atomic E-state index is -3.68. The summed E-state index contributed by atoms with van der Waals surface area (Å²) in [5.74, 6) is -0.217. The van der Waals surface area contributed by atoms with E-state index in [1.54, 1.807) is 48.5 Å². The second kappa shape index (κ2) is 9.17. The first-order valence-electron chi connectivity index (χ1n) is 10.6. The Morgan fingerprint density at radius 1 is 0.844 bits per heavy atom. The minimum absolute atomic E-state index is 0.0771. The van der Waals surface area contributed by atoms with Crippen LogP contribution in [-0.4, -0.2) is 14.3 Å². The molecule has 0 saturated carbocycles. The highest BCUT2D eigenvalue weighted by atomic mass is 32.2. The van der Waals surface area contributed by atoms with Crippen LogP contribution in [0.25, 0.3) is 0 Å². The molecule has 0 spiro atoms. The second-order valence-electron chi connectivity index (χ2n) is 9.06. The Morgan fingerprint density at radius 3 is 1.94 bits per heavy atom. The average Bonchev–Trinajstić information content (AvgIpc) is 2.73. The fourth-order valence-corrected chi connectivity index (χ4v) is 4.31. The zero-order valence-electron chi connectivity index (χ0n) is 19.1. The van der Waals surface area contributed by atoms with E-state index in [9.17, 15) is 13.2 Å². The molecule has 1 unspecified atom stereocenters. The van der Waals surface area contributed by atoms with Crippen molar-refractivity contribution in [2.75, 3.05) is 4.72 Å². The molecule has 32 heavy (non-hydrogen) atoms. The molecule has 0 radical (unpaired) electrons. The van der Waals surface area contributed by atoms with Crippen molar-refractivity contribution in [1.82, 2.24) is 5.32 Å². The highest BCUT2D eigenvalue weighted by Gasteiger charge is 2.17. The first-order valence-corrected chi connectivity index (χ1v) is 12.0. The summed E-state index contributed by atoms with van der Waals surface area (Å²) < 4.78 is 27.6. The predicted octanol–water partition coefficient (Wildman–Crippen LogP) is 5.58. The fraction of sp³-hybridized carbons (Fsp3) is 0.269. The molecule has 0 bridgehead atoms. The average molecular weight is 451 g/mol. The van der Waals surface area contributed by atoms with Crippen LogP contribution in [0.1, 0.15) is 60.8 Å². The number of hydrogen-bond donors (Lipinski definition) is 2. The Balaban J connectivity index is 1.65. The van der Waals surface area contributed by atoms with Crippen molar-refractivity contribution in [2.24, 2.45) is 0 Å². The Labute approximate surface area is 190 Å². The molecule has 2 N–H and O–H groups in total. The smallest absolute Gasteiger partial charge is 0.261 e. The minimum Gasteiger partial charge on any atom is -0.346 e. The van der Waals surface area contributed by atoms with Gasteiger partial charge in [0.1, 0.15) is 0 Å². The number of amides is 1. The number of benzene rings is 3. The van der Waals surface area contributed by atoms with Crippen LogP contribution in [0.5, 0.6) is 0 Å². The van der Waals surface area contributed by atoms with Crippen LogP contribution in [0.2, 0.25) is 0 Å². The van der Waals surface area contributed by atoms with Crippen molar-refractivity contribution in [3.05, 3.63) is 95.1 Å². The van der Waals surface area contributed by atoms with Gasteiger partial charge in [-0.15, -0.1) is 0 Å². The third-order valence-corrected chi connectivity index (χ3v) is 6.75. The van der Waals surface area contributed by atoms with Gasteiger partial charge < -0.3 is 5.32 Å². The number of hydrogen-bond acceptors (Lipinski definition) is 3. The largest absolute Gasteiger partial charge is 0.346 e. The van der Waals surface area contributed by atoms with Gasteiger partial charge >= 0.3 is 0 Å². The molecule has 1 amide bonds. The maximum atomic E-state index is 12.7. The van der Waals surface area contributed by atoms with E-state index < -0.39 is 10.0 Å². The van der Waals surface area contributed by atoms with Crippen LogP contribution in [0.4, 0.5) is 5.69 Å². The lowest BCUT2D eigenvalue weighted by atomic mass is 9.86. The molecule has 1 atom stereocenters. The van der Waals surface area contributed by atoms with E-state index in [1.807, 2.05) is 26.0 Å². The van der Waals surface area contributed by atoms with Gasteiger partial charge in [0, 0.05) is 11.3 Å². The maximum Gasteiger partial charge on any atom is 0.261 e. The summed E-state index contributed by atoms with van der Waals surface area (Å²) in [5.41, 5.74) is 4.18. The zero-order chi connectivity index (χ0) is 23.5. The van der Waals surface area contributed by atoms with Crippen LogP contribution in [-0.2, 0) is 15.4 Å². The van der Waals surface area contributed by atoms with Gasteiger partial charge in [-0.05, 0) is 66.8 Å². The number of anilines is 1. The molecule has 3 rings (SSSR count). The van der Waals surface area contributed by atoms with Gasteiger partial charge in [-0.1, -0.05) is 62.7 Å². The summed E-state index contributed by atoms with van der Waals surface area (Å²) in [6, 6.07) is 21.1. The third kappa shape index (κ3) is 5.77. The molecular weight excluding hydrogens is 420 g/mol. The van der Waals surface area contributed by atoms with Crippen LogP contribution < -0.4 is 10.0 Å². The molecule has 3 aromatic rings. The van der Waals surface area contributed by atoms with Crippen LogP contribution in [0, 0.1) is 6.92 Å². The number of carbonyl (C=O) groups is 1. The quantitative estimate of drug-likeness (QED) is 0.514. The highest BCUT2D eigenvalue weighted by Crippen LogP contribution is 2.24. The standard InChI is InChI=1S/C26H30N2O3S/c1-18-6-16-24(17-7-18)32(30,31)28-23-14-10-21(11-15-23)25(29)27-19(2)20-8-12-22(13-9-20)26(3,4)5/h6-17,19,28H,1-5H3,(H,27,29). The Morgan fingerprint density at radius 2 is 1.41 bits per heavy atom. The van der Waals surface area contributed by atoms with E-state index >= 15 is 0 Å². The first-order chi connectivity index (χ1) is 15.0. The SMILES string of the molecule is Cc1ccc(S(=O)(=O)Nc2ccc(C(=O)NC(C)c3ccc(C(C)(C)C)cc3)cc2)cc1. The molecule has 0 aliphatic carbocycles. The van der Waals surface area contributed by atoms with Crippen molar-refractivity contribution < 1.29 is 13.2 Å². The Hall–Kier alpha value is -3.12. The van der Waals surface area contributed by atoms with E-state index in [1.165, 1.54) is 5.56 Å². The van der Waals surface area contributed by atoms with Crippen molar-refractivity contribution >= 4 is 21.6 Å². The highest BCUT2D eigenvalue weighted by molar-refractivity contribution is 7.92. The van der Waals surface area contributed by atoms with E-state index in [0.717, 1.165) is 11.1 Å². The third-order valence-electron chi connectivity index (χ3n) is 5.35. The van der Waals surface area contributed by atoms with Crippen LogP contribution in [0.3, 0.4) is 0 Å². The van der Waals surface area contributed by atoms with Crippen molar-refractivity contribution in [3.8, 4) is 0 Å². The molecule has 0 heterocycles. The van der Waals surface area contributed by atoms with Gasteiger partial charge in [0.05, 0.1) is 10.9 Å². The number of sulfonamides is 1. The number of rotatable bonds is 6. The molecule has 0 aromatic heterocycles. The summed E-state index contributed by atoms with van der Waals surface area (Å²) in [6.45, 7) is 10.3. The van der Waals surface area contributed by atoms with Gasteiger partial charge in [0.15, 0.2) is 0 Å². The van der Waals surface area contributed by atoms with Crippen LogP contribution >= 0.6 is 0 Å². The lowest BCUT2D eigenvalue weighted by Gasteiger charge is -2.20. The van der Waals surface area contributed by atoms with Gasteiger partial charge in [-0.25, -0.2) is 8.42 Å². The molecule has 0 aliphatic rings. The van der Waals surface area contributed by atoms with Gasteiger partial charge in [-0.2, -0.15) is 0 Å². The van der Waals surface area contributed by atoms with E-state index in [0.29, 0.717) is 11.3 Å². The first kappa shape index (κ1) is 23.5. The lowest BCUT2D eigenvalue weighted by molar-refractivity contribution is 0.0940. The molecule has 5 nitrogen and oxygen atoms in total. The Kier molecular flexibility index (Phi) is 6.74. The number of aryl methyl sites for hydroxylation is 1. The van der Waals surface area contributed by atoms with E-state index in [4.69, 9.17) is 0 Å². The molecule has 0 aliphatic heterocycles. The normalized spacial score (nSPS) is 12.8. The molecule has 0 saturated heterocycles. The van der Waals surface area contributed by atoms with Crippen molar-refractivity contribution in [3.63, 3.8) is 0 Å². The number of nitrogens with one attached hydrogen (secondary N) is 2. The molecular formula is C26H30N2O3S. The molecule has 0 fully saturated rings. The maximum absolute atomic E-state index is 12.7. The van der Waals surface area contributed by atoms with Gasteiger partial charge in [0.25, 0.3) is 15.9 Å².